The number of pyridine rings is 1. The monoisotopic (exact) mass is 388 g/mol. The van der Waals surface area contributed by atoms with Crippen molar-refractivity contribution in [2.75, 3.05) is 7.11 Å². The van der Waals surface area contributed by atoms with Crippen LogP contribution in [0.15, 0.2) is 59.1 Å². The van der Waals surface area contributed by atoms with E-state index in [9.17, 15) is 4.79 Å². The van der Waals surface area contributed by atoms with E-state index in [2.05, 4.69) is 10.1 Å². The molecular formula is C23H20N2O4. The first-order chi connectivity index (χ1) is 14.0. The first-order valence-electron chi connectivity index (χ1n) is 9.19. The number of hydrogen-bond acceptors (Lipinski definition) is 6. The van der Waals surface area contributed by atoms with Crippen LogP contribution in [0.25, 0.3) is 22.2 Å². The number of ether oxygens (including phenoxy) is 2. The molecule has 0 radical (unpaired) electrons. The average Bonchev–Trinajstić information content (AvgIpc) is 3.20. The van der Waals surface area contributed by atoms with Gasteiger partial charge in [0.1, 0.15) is 11.4 Å². The van der Waals surface area contributed by atoms with Crippen molar-refractivity contribution in [3.05, 3.63) is 77.2 Å². The van der Waals surface area contributed by atoms with Crippen molar-refractivity contribution in [2.24, 2.45) is 0 Å². The largest absolute Gasteiger partial charge is 0.496 e. The Morgan fingerprint density at radius 2 is 1.90 bits per heavy atom. The van der Waals surface area contributed by atoms with Crippen LogP contribution in [-0.2, 0) is 11.3 Å². The van der Waals surface area contributed by atoms with Gasteiger partial charge in [-0.1, -0.05) is 28.9 Å². The van der Waals surface area contributed by atoms with Gasteiger partial charge in [-0.15, -0.1) is 0 Å². The number of carbonyl (C=O) groups excluding carboxylic acids is 1. The van der Waals surface area contributed by atoms with Gasteiger partial charge in [0.2, 0.25) is 0 Å². The molecular weight excluding hydrogens is 368 g/mol. The van der Waals surface area contributed by atoms with Crippen molar-refractivity contribution in [3.63, 3.8) is 0 Å². The molecule has 0 saturated carbocycles. The lowest BCUT2D eigenvalue weighted by atomic mass is 10.1. The zero-order chi connectivity index (χ0) is 20.4. The van der Waals surface area contributed by atoms with Crippen molar-refractivity contribution in [1.82, 2.24) is 10.1 Å². The zero-order valence-corrected chi connectivity index (χ0v) is 16.4. The van der Waals surface area contributed by atoms with Gasteiger partial charge in [0.15, 0.2) is 12.4 Å². The molecule has 4 rings (SSSR count). The Labute approximate surface area is 168 Å². The van der Waals surface area contributed by atoms with Crippen molar-refractivity contribution in [1.29, 1.82) is 0 Å². The Hall–Kier alpha value is -3.67. The molecule has 0 fully saturated rings. The highest BCUT2D eigenvalue weighted by Crippen LogP contribution is 2.29. The number of carbonyl (C=O) groups is 1. The maximum absolute atomic E-state index is 12.7. The second-order valence-electron chi connectivity index (χ2n) is 6.79. The molecule has 2 aromatic heterocycles. The van der Waals surface area contributed by atoms with E-state index in [0.29, 0.717) is 22.8 Å². The number of methoxy groups -OCH3 is 1. The Morgan fingerprint density at radius 1 is 1.07 bits per heavy atom. The second kappa shape index (κ2) is 7.75. The van der Waals surface area contributed by atoms with Crippen LogP contribution in [-0.4, -0.2) is 23.2 Å². The van der Waals surface area contributed by atoms with Gasteiger partial charge in [-0.3, -0.25) is 4.98 Å². The standard InChI is InChI=1S/C23H20N2O4/c1-14-8-9-20-18(10-14)19(11-15(2)24-20)23(26)28-13-16-12-21(25-29-16)17-6-4-5-7-22(17)27-3/h4-12H,13H2,1-3H3. The molecule has 4 aromatic rings. The van der Waals surface area contributed by atoms with E-state index in [1.54, 1.807) is 19.2 Å². The van der Waals surface area contributed by atoms with Crippen LogP contribution in [0, 0.1) is 13.8 Å². The van der Waals surface area contributed by atoms with Crippen molar-refractivity contribution in [2.45, 2.75) is 20.5 Å². The highest BCUT2D eigenvalue weighted by molar-refractivity contribution is 6.03. The summed E-state index contributed by atoms with van der Waals surface area (Å²) in [6, 6.07) is 16.8. The number of nitrogens with zero attached hydrogens (tertiary/aromatic N) is 2. The molecule has 2 heterocycles. The first-order valence-corrected chi connectivity index (χ1v) is 9.19. The molecule has 6 nitrogen and oxygen atoms in total. The number of para-hydroxylation sites is 1. The minimum absolute atomic E-state index is 0.0182. The summed E-state index contributed by atoms with van der Waals surface area (Å²) in [5.41, 5.74) is 4.48. The highest BCUT2D eigenvalue weighted by atomic mass is 16.5. The molecule has 0 aliphatic rings. The topological polar surface area (TPSA) is 74.5 Å². The third kappa shape index (κ3) is 3.82. The maximum atomic E-state index is 12.7. The molecule has 2 aromatic carbocycles. The van der Waals surface area contributed by atoms with Crippen molar-refractivity contribution < 1.29 is 18.8 Å². The second-order valence-corrected chi connectivity index (χ2v) is 6.79. The fourth-order valence-electron chi connectivity index (χ4n) is 3.22. The Balaban J connectivity index is 1.55. The Morgan fingerprint density at radius 3 is 2.72 bits per heavy atom. The van der Waals surface area contributed by atoms with Crippen LogP contribution in [0.2, 0.25) is 0 Å². The maximum Gasteiger partial charge on any atom is 0.339 e. The molecule has 0 spiro atoms. The normalized spacial score (nSPS) is 10.9. The minimum atomic E-state index is -0.429. The molecule has 0 bridgehead atoms. The van der Waals surface area contributed by atoms with E-state index in [0.717, 1.165) is 27.7 Å². The van der Waals surface area contributed by atoms with Crippen LogP contribution in [0.1, 0.15) is 27.4 Å². The van der Waals surface area contributed by atoms with Crippen LogP contribution >= 0.6 is 0 Å². The van der Waals surface area contributed by atoms with Gasteiger partial charge in [0.05, 0.1) is 18.2 Å². The van der Waals surface area contributed by atoms with Gasteiger partial charge in [-0.2, -0.15) is 0 Å². The molecule has 6 heteroatoms. The van der Waals surface area contributed by atoms with Crippen molar-refractivity contribution >= 4 is 16.9 Å². The van der Waals surface area contributed by atoms with Gasteiger partial charge in [-0.25, -0.2) is 4.79 Å². The van der Waals surface area contributed by atoms with Gasteiger partial charge in [-0.05, 0) is 44.2 Å². The van der Waals surface area contributed by atoms with E-state index in [4.69, 9.17) is 14.0 Å². The van der Waals surface area contributed by atoms with E-state index < -0.39 is 5.97 Å². The van der Waals surface area contributed by atoms with Crippen LogP contribution in [0.5, 0.6) is 5.75 Å². The lowest BCUT2D eigenvalue weighted by Crippen LogP contribution is -2.07. The number of benzene rings is 2. The third-order valence-electron chi connectivity index (χ3n) is 4.60. The molecule has 146 valence electrons. The first kappa shape index (κ1) is 18.7. The number of fused-ring (bicyclic) bond motifs is 1. The summed E-state index contributed by atoms with van der Waals surface area (Å²) in [5.74, 6) is 0.713. The number of hydrogen-bond donors (Lipinski definition) is 0. The molecule has 0 unspecified atom stereocenters. The molecule has 0 amide bonds. The lowest BCUT2D eigenvalue weighted by molar-refractivity contribution is 0.0439. The van der Waals surface area contributed by atoms with E-state index in [1.165, 1.54) is 0 Å². The SMILES string of the molecule is COc1ccccc1-c1cc(COC(=O)c2cc(C)nc3ccc(C)cc23)on1. The summed E-state index contributed by atoms with van der Waals surface area (Å²) < 4.78 is 16.2. The summed E-state index contributed by atoms with van der Waals surface area (Å²) in [5, 5.41) is 4.84. The molecule has 0 N–H and O–H groups in total. The van der Waals surface area contributed by atoms with Crippen LogP contribution in [0.3, 0.4) is 0 Å². The summed E-state index contributed by atoms with van der Waals surface area (Å²) in [4.78, 5) is 17.2. The fraction of sp³-hybridized carbons (Fsp3) is 0.174. The quantitative estimate of drug-likeness (QED) is 0.454. The number of aryl methyl sites for hydroxylation is 2. The minimum Gasteiger partial charge on any atom is -0.496 e. The van der Waals surface area contributed by atoms with Crippen molar-refractivity contribution in [3.8, 4) is 17.0 Å². The Kier molecular flexibility index (Phi) is 4.99. The number of rotatable bonds is 5. The Bertz CT molecular complexity index is 1200. The number of esters is 1. The smallest absolute Gasteiger partial charge is 0.339 e. The van der Waals surface area contributed by atoms with Crippen LogP contribution in [0.4, 0.5) is 0 Å². The molecule has 0 aliphatic carbocycles. The van der Waals surface area contributed by atoms with E-state index in [1.807, 2.05) is 56.3 Å². The molecule has 0 atom stereocenters. The highest BCUT2D eigenvalue weighted by Gasteiger charge is 2.16. The van der Waals surface area contributed by atoms with Gasteiger partial charge in [0, 0.05) is 22.7 Å². The molecule has 0 aliphatic heterocycles. The third-order valence-corrected chi connectivity index (χ3v) is 4.60. The summed E-state index contributed by atoms with van der Waals surface area (Å²) in [7, 11) is 1.60. The van der Waals surface area contributed by atoms with E-state index in [-0.39, 0.29) is 6.61 Å². The summed E-state index contributed by atoms with van der Waals surface area (Å²) >= 11 is 0. The fourth-order valence-corrected chi connectivity index (χ4v) is 3.22. The predicted octanol–water partition coefficient (Wildman–Crippen LogP) is 4.87. The van der Waals surface area contributed by atoms with Gasteiger partial charge in [0.25, 0.3) is 0 Å². The summed E-state index contributed by atoms with van der Waals surface area (Å²) in [6.45, 7) is 3.81. The predicted molar refractivity (Wildman–Crippen MR) is 109 cm³/mol. The molecule has 29 heavy (non-hydrogen) atoms. The summed E-state index contributed by atoms with van der Waals surface area (Å²) in [6.07, 6.45) is 0. The average molecular weight is 388 g/mol. The van der Waals surface area contributed by atoms with Gasteiger partial charge < -0.3 is 14.0 Å². The molecule has 0 saturated heterocycles. The van der Waals surface area contributed by atoms with E-state index >= 15 is 0 Å². The number of aromatic nitrogens is 2. The van der Waals surface area contributed by atoms with Crippen LogP contribution < -0.4 is 4.74 Å². The zero-order valence-electron chi connectivity index (χ0n) is 16.4. The van der Waals surface area contributed by atoms with Gasteiger partial charge >= 0.3 is 5.97 Å². The lowest BCUT2D eigenvalue weighted by Gasteiger charge is -2.08.